The number of benzene rings is 2. The number of aliphatic imine (C=N–C) groups is 1. The van der Waals surface area contributed by atoms with Gasteiger partial charge in [0.2, 0.25) is 0 Å². The van der Waals surface area contributed by atoms with Crippen molar-refractivity contribution >= 4 is 12.1 Å². The SMILES string of the molecule is CCOc1cc(C(=O)N(C)Cc2nccc3c2CN=C3)ccc1-c1cccc(F)c1. The van der Waals surface area contributed by atoms with Gasteiger partial charge in [0.25, 0.3) is 5.91 Å². The second-order valence-electron chi connectivity index (χ2n) is 7.11. The number of nitrogens with zero attached hydrogens (tertiary/aromatic N) is 3. The van der Waals surface area contributed by atoms with E-state index in [1.807, 2.05) is 25.3 Å². The average Bonchev–Trinajstić information content (AvgIpc) is 3.23. The number of fused-ring (bicyclic) bond motifs is 1. The lowest BCUT2D eigenvalue weighted by Gasteiger charge is -2.19. The Balaban J connectivity index is 1.59. The second-order valence-corrected chi connectivity index (χ2v) is 7.11. The Bertz CT molecular complexity index is 1130. The molecule has 30 heavy (non-hydrogen) atoms. The van der Waals surface area contributed by atoms with E-state index in [4.69, 9.17) is 4.74 Å². The highest BCUT2D eigenvalue weighted by molar-refractivity contribution is 5.95. The molecular weight excluding hydrogens is 381 g/mol. The predicted molar refractivity (Wildman–Crippen MR) is 114 cm³/mol. The van der Waals surface area contributed by atoms with Gasteiger partial charge >= 0.3 is 0 Å². The van der Waals surface area contributed by atoms with E-state index in [9.17, 15) is 9.18 Å². The smallest absolute Gasteiger partial charge is 0.254 e. The molecule has 0 radical (unpaired) electrons. The van der Waals surface area contributed by atoms with E-state index < -0.39 is 0 Å². The summed E-state index contributed by atoms with van der Waals surface area (Å²) in [5.74, 6) is 0.0937. The van der Waals surface area contributed by atoms with Gasteiger partial charge in [0.05, 0.1) is 25.4 Å². The van der Waals surface area contributed by atoms with Crippen molar-refractivity contribution in [2.24, 2.45) is 4.99 Å². The molecule has 1 aromatic heterocycles. The van der Waals surface area contributed by atoms with Crippen LogP contribution in [0, 0.1) is 5.82 Å². The molecule has 6 heteroatoms. The van der Waals surface area contributed by atoms with Gasteiger partial charge in [0.15, 0.2) is 0 Å². The average molecular weight is 403 g/mol. The molecule has 0 bridgehead atoms. The zero-order chi connectivity index (χ0) is 21.1. The molecule has 0 saturated carbocycles. The van der Waals surface area contributed by atoms with Crippen LogP contribution in [0.2, 0.25) is 0 Å². The van der Waals surface area contributed by atoms with Gasteiger partial charge < -0.3 is 9.64 Å². The van der Waals surface area contributed by atoms with Gasteiger partial charge in [-0.2, -0.15) is 0 Å². The predicted octanol–water partition coefficient (Wildman–Crippen LogP) is 4.49. The van der Waals surface area contributed by atoms with Gasteiger partial charge in [-0.15, -0.1) is 0 Å². The molecule has 1 aliphatic heterocycles. The van der Waals surface area contributed by atoms with Crippen molar-refractivity contribution in [3.05, 3.63) is 82.9 Å². The number of aromatic nitrogens is 1. The van der Waals surface area contributed by atoms with Gasteiger partial charge in [-0.3, -0.25) is 14.8 Å². The maximum absolute atomic E-state index is 13.7. The van der Waals surface area contributed by atoms with E-state index in [-0.39, 0.29) is 11.7 Å². The van der Waals surface area contributed by atoms with Crippen LogP contribution in [0.3, 0.4) is 0 Å². The van der Waals surface area contributed by atoms with Gasteiger partial charge in [-0.25, -0.2) is 4.39 Å². The highest BCUT2D eigenvalue weighted by Crippen LogP contribution is 2.32. The third-order valence-corrected chi connectivity index (χ3v) is 5.06. The molecule has 2 heterocycles. The number of rotatable bonds is 6. The van der Waals surface area contributed by atoms with Crippen LogP contribution in [0.25, 0.3) is 11.1 Å². The first-order chi connectivity index (χ1) is 14.6. The molecule has 3 aromatic rings. The van der Waals surface area contributed by atoms with Crippen molar-refractivity contribution in [3.63, 3.8) is 0 Å². The number of carbonyl (C=O) groups excluding carboxylic acids is 1. The fraction of sp³-hybridized carbons (Fsp3) is 0.208. The van der Waals surface area contributed by atoms with E-state index in [1.54, 1.807) is 42.4 Å². The highest BCUT2D eigenvalue weighted by Gasteiger charge is 2.19. The molecule has 4 rings (SSSR count). The summed E-state index contributed by atoms with van der Waals surface area (Å²) in [6.07, 6.45) is 3.58. The van der Waals surface area contributed by atoms with Crippen molar-refractivity contribution in [2.75, 3.05) is 13.7 Å². The summed E-state index contributed by atoms with van der Waals surface area (Å²) in [6, 6.07) is 13.5. The molecule has 0 saturated heterocycles. The number of amides is 1. The van der Waals surface area contributed by atoms with Gasteiger partial charge in [-0.05, 0) is 48.9 Å². The van der Waals surface area contributed by atoms with E-state index >= 15 is 0 Å². The first kappa shape index (κ1) is 19.8. The van der Waals surface area contributed by atoms with Gasteiger partial charge in [0.1, 0.15) is 11.6 Å². The van der Waals surface area contributed by atoms with Crippen LogP contribution in [-0.2, 0) is 13.1 Å². The Morgan fingerprint density at radius 2 is 2.07 bits per heavy atom. The second kappa shape index (κ2) is 8.45. The standard InChI is InChI=1S/C24H22FN3O2/c1-3-30-23-12-17(7-8-20(23)16-5-4-6-19(25)11-16)24(29)28(2)15-22-21-14-26-13-18(21)9-10-27-22/h4-13H,3,14-15H2,1-2H3. The van der Waals surface area contributed by atoms with Crippen LogP contribution in [0.1, 0.15) is 34.1 Å². The maximum atomic E-state index is 13.7. The van der Waals surface area contributed by atoms with Gasteiger partial charge in [-0.1, -0.05) is 12.1 Å². The summed E-state index contributed by atoms with van der Waals surface area (Å²) in [4.78, 5) is 23.4. The van der Waals surface area contributed by atoms with Gasteiger partial charge in [0, 0.05) is 41.7 Å². The molecule has 0 spiro atoms. The third kappa shape index (κ3) is 3.94. The van der Waals surface area contributed by atoms with Crippen LogP contribution in [0.5, 0.6) is 5.75 Å². The van der Waals surface area contributed by atoms with E-state index in [0.717, 1.165) is 22.4 Å². The van der Waals surface area contributed by atoms with Crippen molar-refractivity contribution in [2.45, 2.75) is 20.0 Å². The first-order valence-electron chi connectivity index (χ1n) is 9.81. The van der Waals surface area contributed by atoms with Crippen LogP contribution in [0.15, 0.2) is 59.7 Å². The topological polar surface area (TPSA) is 54.8 Å². The summed E-state index contributed by atoms with van der Waals surface area (Å²) in [5, 5.41) is 0. The largest absolute Gasteiger partial charge is 0.493 e. The molecule has 0 aliphatic carbocycles. The Morgan fingerprint density at radius 3 is 2.87 bits per heavy atom. The fourth-order valence-corrected chi connectivity index (χ4v) is 3.57. The van der Waals surface area contributed by atoms with Crippen LogP contribution < -0.4 is 4.74 Å². The Kier molecular flexibility index (Phi) is 5.57. The molecule has 5 nitrogen and oxygen atoms in total. The molecule has 0 atom stereocenters. The normalized spacial score (nSPS) is 12.0. The molecule has 2 aromatic carbocycles. The molecular formula is C24H22FN3O2. The minimum absolute atomic E-state index is 0.139. The number of hydrogen-bond donors (Lipinski definition) is 0. The number of carbonyl (C=O) groups is 1. The van der Waals surface area contributed by atoms with Crippen molar-refractivity contribution in [1.29, 1.82) is 0 Å². The van der Waals surface area contributed by atoms with Crippen molar-refractivity contribution in [1.82, 2.24) is 9.88 Å². The summed E-state index contributed by atoms with van der Waals surface area (Å²) in [6.45, 7) is 3.30. The summed E-state index contributed by atoms with van der Waals surface area (Å²) in [5.41, 5.74) is 4.92. The number of halogens is 1. The van der Waals surface area contributed by atoms with Crippen molar-refractivity contribution < 1.29 is 13.9 Å². The molecule has 0 N–H and O–H groups in total. The minimum Gasteiger partial charge on any atom is -0.493 e. The summed E-state index contributed by atoms with van der Waals surface area (Å²) < 4.78 is 19.4. The number of ether oxygens (including phenoxy) is 1. The molecule has 0 unspecified atom stereocenters. The summed E-state index contributed by atoms with van der Waals surface area (Å²) in [7, 11) is 1.75. The minimum atomic E-state index is -0.318. The first-order valence-corrected chi connectivity index (χ1v) is 9.81. The summed E-state index contributed by atoms with van der Waals surface area (Å²) >= 11 is 0. The zero-order valence-corrected chi connectivity index (χ0v) is 16.9. The van der Waals surface area contributed by atoms with Crippen LogP contribution in [0.4, 0.5) is 4.39 Å². The van der Waals surface area contributed by atoms with E-state index in [1.165, 1.54) is 12.1 Å². The lowest BCUT2D eigenvalue weighted by molar-refractivity contribution is 0.0782. The van der Waals surface area contributed by atoms with E-state index in [2.05, 4.69) is 9.98 Å². The van der Waals surface area contributed by atoms with Crippen LogP contribution >= 0.6 is 0 Å². The highest BCUT2D eigenvalue weighted by atomic mass is 19.1. The quantitative estimate of drug-likeness (QED) is 0.609. The van der Waals surface area contributed by atoms with Crippen LogP contribution in [-0.4, -0.2) is 35.7 Å². The van der Waals surface area contributed by atoms with E-state index in [0.29, 0.717) is 36.6 Å². The molecule has 0 fully saturated rings. The van der Waals surface area contributed by atoms with Crippen molar-refractivity contribution in [3.8, 4) is 16.9 Å². The Hall–Kier alpha value is -3.54. The number of hydrogen-bond acceptors (Lipinski definition) is 4. The third-order valence-electron chi connectivity index (χ3n) is 5.06. The molecule has 152 valence electrons. The number of pyridine rings is 1. The zero-order valence-electron chi connectivity index (χ0n) is 16.9. The lowest BCUT2D eigenvalue weighted by Crippen LogP contribution is -2.27. The molecule has 1 amide bonds. The lowest BCUT2D eigenvalue weighted by atomic mass is 10.0. The Morgan fingerprint density at radius 1 is 1.20 bits per heavy atom. The molecule has 1 aliphatic rings. The Labute approximate surface area is 174 Å². The maximum Gasteiger partial charge on any atom is 0.254 e. The fourth-order valence-electron chi connectivity index (χ4n) is 3.57. The monoisotopic (exact) mass is 403 g/mol.